The van der Waals surface area contributed by atoms with E-state index in [1.807, 2.05) is 32.9 Å². The standard InChI is InChI=1S/C20H28N2O5/c1-13-6-7-14(2)16(15(13)3)17-18(23)20(8-10-21(26-5)11-9-20)22(19(17)24)27-12-25-4/h6-7,17H,8-12H2,1-5H3. The van der Waals surface area contributed by atoms with Gasteiger partial charge in [0.05, 0.1) is 7.11 Å². The minimum Gasteiger partial charge on any atom is -0.356 e. The number of amides is 1. The van der Waals surface area contributed by atoms with Gasteiger partial charge in [-0.2, -0.15) is 5.06 Å². The highest BCUT2D eigenvalue weighted by atomic mass is 16.8. The first-order chi connectivity index (χ1) is 12.9. The maximum Gasteiger partial charge on any atom is 0.262 e. The number of piperidine rings is 1. The summed E-state index contributed by atoms with van der Waals surface area (Å²) in [6.07, 6.45) is 0.936. The topological polar surface area (TPSA) is 68.3 Å². The highest BCUT2D eigenvalue weighted by molar-refractivity contribution is 6.17. The van der Waals surface area contributed by atoms with Crippen LogP contribution >= 0.6 is 0 Å². The van der Waals surface area contributed by atoms with E-state index in [0.717, 1.165) is 22.3 Å². The third-order valence-corrected chi connectivity index (χ3v) is 5.96. The SMILES string of the molecule is COCON1C(=O)C(c2c(C)ccc(C)c2C)C(=O)C12CCN(OC)CC2. The van der Waals surface area contributed by atoms with Crippen molar-refractivity contribution in [3.63, 3.8) is 0 Å². The van der Waals surface area contributed by atoms with Crippen LogP contribution in [0.2, 0.25) is 0 Å². The second-order valence-electron chi connectivity index (χ2n) is 7.35. The van der Waals surface area contributed by atoms with Crippen molar-refractivity contribution in [3.8, 4) is 0 Å². The van der Waals surface area contributed by atoms with Crippen LogP contribution in [0.1, 0.15) is 41.0 Å². The largest absolute Gasteiger partial charge is 0.356 e. The Balaban J connectivity index is 2.04. The lowest BCUT2D eigenvalue weighted by Gasteiger charge is -2.41. The van der Waals surface area contributed by atoms with Gasteiger partial charge in [0.1, 0.15) is 11.5 Å². The predicted molar refractivity (Wildman–Crippen MR) is 98.8 cm³/mol. The van der Waals surface area contributed by atoms with Crippen molar-refractivity contribution in [2.45, 2.75) is 45.1 Å². The van der Waals surface area contributed by atoms with E-state index in [9.17, 15) is 9.59 Å². The lowest BCUT2D eigenvalue weighted by Crippen LogP contribution is -2.56. The molecule has 27 heavy (non-hydrogen) atoms. The lowest BCUT2D eigenvalue weighted by atomic mass is 9.78. The first-order valence-electron chi connectivity index (χ1n) is 9.23. The molecular weight excluding hydrogens is 348 g/mol. The second-order valence-corrected chi connectivity index (χ2v) is 7.35. The quantitative estimate of drug-likeness (QED) is 0.579. The number of carbonyl (C=O) groups is 2. The number of nitrogens with zero attached hydrogens (tertiary/aromatic N) is 2. The fourth-order valence-electron chi connectivity index (χ4n) is 4.26. The summed E-state index contributed by atoms with van der Waals surface area (Å²) in [6, 6.07) is 3.99. The van der Waals surface area contributed by atoms with Gasteiger partial charge in [-0.05, 0) is 55.9 Å². The molecule has 1 unspecified atom stereocenters. The van der Waals surface area contributed by atoms with Crippen molar-refractivity contribution in [2.75, 3.05) is 34.1 Å². The van der Waals surface area contributed by atoms with E-state index in [1.54, 1.807) is 12.2 Å². The number of benzene rings is 1. The van der Waals surface area contributed by atoms with Crippen LogP contribution in [0.3, 0.4) is 0 Å². The number of rotatable bonds is 5. The summed E-state index contributed by atoms with van der Waals surface area (Å²) in [5.41, 5.74) is 2.83. The van der Waals surface area contributed by atoms with E-state index in [1.165, 1.54) is 12.2 Å². The zero-order chi connectivity index (χ0) is 19.8. The van der Waals surface area contributed by atoms with E-state index in [2.05, 4.69) is 0 Å². The fraction of sp³-hybridized carbons (Fsp3) is 0.600. The molecule has 1 aromatic rings. The van der Waals surface area contributed by atoms with Gasteiger partial charge in [0, 0.05) is 20.2 Å². The Bertz CT molecular complexity index is 740. The van der Waals surface area contributed by atoms with Gasteiger partial charge in [0.25, 0.3) is 5.91 Å². The third-order valence-electron chi connectivity index (χ3n) is 5.96. The minimum atomic E-state index is -0.974. The maximum absolute atomic E-state index is 13.6. The first kappa shape index (κ1) is 19.9. The zero-order valence-electron chi connectivity index (χ0n) is 16.7. The van der Waals surface area contributed by atoms with Crippen molar-refractivity contribution in [2.24, 2.45) is 0 Å². The molecule has 1 amide bonds. The minimum absolute atomic E-state index is 0.0761. The van der Waals surface area contributed by atoms with Gasteiger partial charge >= 0.3 is 0 Å². The first-order valence-corrected chi connectivity index (χ1v) is 9.23. The van der Waals surface area contributed by atoms with E-state index < -0.39 is 11.5 Å². The van der Waals surface area contributed by atoms with E-state index in [4.69, 9.17) is 14.4 Å². The molecule has 0 saturated carbocycles. The molecule has 2 aliphatic heterocycles. The molecule has 0 N–H and O–H groups in total. The predicted octanol–water partition coefficient (Wildman–Crippen LogP) is 2.04. The Labute approximate surface area is 160 Å². The molecule has 148 valence electrons. The number of hydrogen-bond donors (Lipinski definition) is 0. The number of Topliss-reactive ketones (excluding diaryl/α,β-unsaturated/α-hetero) is 1. The van der Waals surface area contributed by atoms with Crippen molar-refractivity contribution in [1.29, 1.82) is 0 Å². The van der Waals surface area contributed by atoms with Crippen LogP contribution in [0.5, 0.6) is 0 Å². The van der Waals surface area contributed by atoms with Gasteiger partial charge in [-0.3, -0.25) is 9.59 Å². The molecule has 1 atom stereocenters. The molecule has 0 aliphatic carbocycles. The maximum atomic E-state index is 13.6. The molecular formula is C20H28N2O5. The van der Waals surface area contributed by atoms with Crippen LogP contribution in [0.15, 0.2) is 12.1 Å². The van der Waals surface area contributed by atoms with Gasteiger partial charge in [0.2, 0.25) is 0 Å². The Kier molecular flexibility index (Phi) is 5.67. The van der Waals surface area contributed by atoms with Crippen LogP contribution in [0, 0.1) is 20.8 Å². The summed E-state index contributed by atoms with van der Waals surface area (Å²) in [5, 5.41) is 3.09. The molecule has 0 aromatic heterocycles. The number of aryl methyl sites for hydroxylation is 2. The summed E-state index contributed by atoms with van der Waals surface area (Å²) >= 11 is 0. The van der Waals surface area contributed by atoms with E-state index in [0.29, 0.717) is 25.9 Å². The Morgan fingerprint density at radius 3 is 2.30 bits per heavy atom. The summed E-state index contributed by atoms with van der Waals surface area (Å²) < 4.78 is 5.01. The van der Waals surface area contributed by atoms with Gasteiger partial charge in [0.15, 0.2) is 12.6 Å². The molecule has 1 aromatic carbocycles. The Morgan fingerprint density at radius 1 is 1.07 bits per heavy atom. The molecule has 2 heterocycles. The molecule has 7 nitrogen and oxygen atoms in total. The normalized spacial score (nSPS) is 22.9. The van der Waals surface area contributed by atoms with Gasteiger partial charge in [-0.25, -0.2) is 9.90 Å². The molecule has 7 heteroatoms. The highest BCUT2D eigenvalue weighted by Crippen LogP contribution is 2.45. The van der Waals surface area contributed by atoms with Crippen LogP contribution in [0.4, 0.5) is 0 Å². The van der Waals surface area contributed by atoms with Crippen molar-refractivity contribution < 1.29 is 24.0 Å². The van der Waals surface area contributed by atoms with Gasteiger partial charge < -0.3 is 9.57 Å². The number of methoxy groups -OCH3 is 1. The van der Waals surface area contributed by atoms with Crippen molar-refractivity contribution >= 4 is 11.7 Å². The Hall–Kier alpha value is -1.80. The Morgan fingerprint density at radius 2 is 1.70 bits per heavy atom. The average Bonchev–Trinajstić information content (AvgIpc) is 2.86. The van der Waals surface area contributed by atoms with Gasteiger partial charge in [-0.15, -0.1) is 0 Å². The summed E-state index contributed by atoms with van der Waals surface area (Å²) in [7, 11) is 3.11. The summed E-state index contributed by atoms with van der Waals surface area (Å²) in [4.78, 5) is 37.9. The number of carbonyl (C=O) groups excluding carboxylic acids is 2. The molecule has 1 spiro atoms. The molecule has 2 aliphatic rings. The van der Waals surface area contributed by atoms with Crippen LogP contribution in [-0.4, -0.2) is 61.5 Å². The second kappa shape index (κ2) is 7.67. The third kappa shape index (κ3) is 3.18. The van der Waals surface area contributed by atoms with E-state index >= 15 is 0 Å². The smallest absolute Gasteiger partial charge is 0.262 e. The van der Waals surface area contributed by atoms with Crippen LogP contribution in [-0.2, 0) is 24.0 Å². The highest BCUT2D eigenvalue weighted by Gasteiger charge is 2.61. The number of hydrogen-bond acceptors (Lipinski definition) is 6. The lowest BCUT2D eigenvalue weighted by molar-refractivity contribution is -0.256. The van der Waals surface area contributed by atoms with Gasteiger partial charge in [-0.1, -0.05) is 12.1 Å². The zero-order valence-corrected chi connectivity index (χ0v) is 16.7. The molecule has 2 saturated heterocycles. The monoisotopic (exact) mass is 376 g/mol. The van der Waals surface area contributed by atoms with Crippen molar-refractivity contribution in [3.05, 3.63) is 34.4 Å². The number of ketones is 1. The molecule has 3 rings (SSSR count). The molecule has 2 fully saturated rings. The van der Waals surface area contributed by atoms with E-state index in [-0.39, 0.29) is 18.5 Å². The fourth-order valence-corrected chi connectivity index (χ4v) is 4.26. The summed E-state index contributed by atoms with van der Waals surface area (Å²) in [5.74, 6) is -1.23. The van der Waals surface area contributed by atoms with Crippen LogP contribution in [0.25, 0.3) is 0 Å². The van der Waals surface area contributed by atoms with Crippen LogP contribution < -0.4 is 0 Å². The molecule has 0 radical (unpaired) electrons. The summed E-state index contributed by atoms with van der Waals surface area (Å²) in [6.45, 7) is 6.95. The molecule has 0 bridgehead atoms. The van der Waals surface area contributed by atoms with Crippen molar-refractivity contribution in [1.82, 2.24) is 10.1 Å². The number of ether oxygens (including phenoxy) is 1. The average molecular weight is 376 g/mol. The number of hydroxylamine groups is 4.